The zero-order valence-corrected chi connectivity index (χ0v) is 12.2. The Morgan fingerprint density at radius 2 is 1.75 bits per heavy atom. The van der Waals surface area contributed by atoms with Gasteiger partial charge in [0.2, 0.25) is 0 Å². The second kappa shape index (κ2) is 5.49. The largest absolute Gasteiger partial charge is 0.381 e. The van der Waals surface area contributed by atoms with Gasteiger partial charge in [-0.3, -0.25) is 9.58 Å². The Hall–Kier alpha value is -0.870. The van der Waals surface area contributed by atoms with Crippen molar-refractivity contribution in [2.24, 2.45) is 5.92 Å². The van der Waals surface area contributed by atoms with Crippen molar-refractivity contribution in [1.29, 1.82) is 0 Å². The Morgan fingerprint density at radius 1 is 1.00 bits per heavy atom. The highest BCUT2D eigenvalue weighted by Crippen LogP contribution is 2.41. The number of hydrogen-bond acceptors (Lipinski definition) is 3. The Labute approximate surface area is 121 Å². The molecule has 4 heterocycles. The van der Waals surface area contributed by atoms with Gasteiger partial charge in [-0.1, -0.05) is 0 Å². The number of ether oxygens (including phenoxy) is 1. The van der Waals surface area contributed by atoms with Crippen LogP contribution < -0.4 is 0 Å². The van der Waals surface area contributed by atoms with Crippen molar-refractivity contribution < 1.29 is 4.74 Å². The average Bonchev–Trinajstić information content (AvgIpc) is 3.08. The summed E-state index contributed by atoms with van der Waals surface area (Å²) in [5, 5.41) is 4.46. The molecule has 2 unspecified atom stereocenters. The molecule has 1 aromatic heterocycles. The predicted molar refractivity (Wildman–Crippen MR) is 77.6 cm³/mol. The minimum Gasteiger partial charge on any atom is -0.381 e. The quantitative estimate of drug-likeness (QED) is 0.849. The van der Waals surface area contributed by atoms with Crippen LogP contribution in [0.5, 0.6) is 0 Å². The molecule has 4 rings (SSSR count). The lowest BCUT2D eigenvalue weighted by atomic mass is 9.93. The molecule has 0 saturated carbocycles. The summed E-state index contributed by atoms with van der Waals surface area (Å²) >= 11 is 0. The van der Waals surface area contributed by atoms with E-state index in [4.69, 9.17) is 4.74 Å². The molecule has 4 nitrogen and oxygen atoms in total. The number of piperidine rings is 1. The van der Waals surface area contributed by atoms with E-state index in [0.717, 1.165) is 31.2 Å². The van der Waals surface area contributed by atoms with Crippen molar-refractivity contribution in [3.05, 3.63) is 18.5 Å². The molecule has 0 aromatic carbocycles. The Balaban J connectivity index is 1.41. The fraction of sp³-hybridized carbons (Fsp3) is 0.812. The first kappa shape index (κ1) is 12.8. The first-order valence-electron chi connectivity index (χ1n) is 8.23. The molecule has 2 bridgehead atoms. The summed E-state index contributed by atoms with van der Waals surface area (Å²) in [6.07, 6.45) is 12.0. The molecule has 4 heteroatoms. The molecule has 1 aromatic rings. The molecular formula is C16H25N3O. The predicted octanol–water partition coefficient (Wildman–Crippen LogP) is 2.48. The second-order valence-electron chi connectivity index (χ2n) is 6.75. The van der Waals surface area contributed by atoms with Crippen LogP contribution in [-0.2, 0) is 4.74 Å². The van der Waals surface area contributed by atoms with Gasteiger partial charge in [0.15, 0.2) is 0 Å². The topological polar surface area (TPSA) is 30.3 Å². The lowest BCUT2D eigenvalue weighted by Crippen LogP contribution is -2.46. The minimum absolute atomic E-state index is 0.633. The number of nitrogens with zero attached hydrogens (tertiary/aromatic N) is 3. The zero-order chi connectivity index (χ0) is 13.4. The molecule has 110 valence electrons. The fourth-order valence-electron chi connectivity index (χ4n) is 4.48. The number of aromatic nitrogens is 2. The van der Waals surface area contributed by atoms with Crippen LogP contribution in [-0.4, -0.2) is 46.5 Å². The molecular weight excluding hydrogens is 250 g/mol. The molecule has 0 N–H and O–H groups in total. The molecule has 0 radical (unpaired) electrons. The summed E-state index contributed by atoms with van der Waals surface area (Å²) in [6, 6.07) is 4.28. The molecule has 0 spiro atoms. The van der Waals surface area contributed by atoms with Crippen LogP contribution in [0.25, 0.3) is 0 Å². The van der Waals surface area contributed by atoms with Gasteiger partial charge in [0, 0.05) is 44.2 Å². The zero-order valence-electron chi connectivity index (χ0n) is 12.2. The van der Waals surface area contributed by atoms with Crippen LogP contribution in [0, 0.1) is 5.92 Å². The normalized spacial score (nSPS) is 35.5. The first-order valence-corrected chi connectivity index (χ1v) is 8.23. The highest BCUT2D eigenvalue weighted by atomic mass is 16.5. The van der Waals surface area contributed by atoms with E-state index in [1.54, 1.807) is 0 Å². The number of fused-ring (bicyclic) bond motifs is 2. The molecule has 20 heavy (non-hydrogen) atoms. The van der Waals surface area contributed by atoms with Gasteiger partial charge in [0.05, 0.1) is 6.04 Å². The van der Waals surface area contributed by atoms with E-state index in [1.807, 2.05) is 6.20 Å². The van der Waals surface area contributed by atoms with Crippen molar-refractivity contribution in [2.45, 2.75) is 56.7 Å². The van der Waals surface area contributed by atoms with Gasteiger partial charge >= 0.3 is 0 Å². The van der Waals surface area contributed by atoms with Crippen LogP contribution in [0.4, 0.5) is 0 Å². The van der Waals surface area contributed by atoms with Crippen LogP contribution >= 0.6 is 0 Å². The summed E-state index contributed by atoms with van der Waals surface area (Å²) in [6.45, 7) is 3.26. The molecule has 3 aliphatic heterocycles. The molecule has 0 aliphatic carbocycles. The lowest BCUT2D eigenvalue weighted by Gasteiger charge is -2.41. The van der Waals surface area contributed by atoms with E-state index in [0.29, 0.717) is 6.04 Å². The minimum atomic E-state index is 0.633. The highest BCUT2D eigenvalue weighted by Gasteiger charge is 2.42. The maximum Gasteiger partial charge on any atom is 0.0549 e. The van der Waals surface area contributed by atoms with Gasteiger partial charge in [-0.2, -0.15) is 5.10 Å². The van der Waals surface area contributed by atoms with Crippen LogP contribution in [0.2, 0.25) is 0 Å². The maximum atomic E-state index is 5.49. The smallest absolute Gasteiger partial charge is 0.0549 e. The molecule has 3 fully saturated rings. The summed E-state index contributed by atoms with van der Waals surface area (Å²) in [7, 11) is 0. The van der Waals surface area contributed by atoms with Crippen molar-refractivity contribution in [3.63, 3.8) is 0 Å². The van der Waals surface area contributed by atoms with Crippen LogP contribution in [0.1, 0.15) is 44.6 Å². The van der Waals surface area contributed by atoms with Crippen molar-refractivity contribution >= 4 is 0 Å². The van der Waals surface area contributed by atoms with Crippen LogP contribution in [0.3, 0.4) is 0 Å². The third kappa shape index (κ3) is 2.40. The summed E-state index contributed by atoms with van der Waals surface area (Å²) in [5.41, 5.74) is 0. The van der Waals surface area contributed by atoms with E-state index < -0.39 is 0 Å². The third-order valence-corrected chi connectivity index (χ3v) is 5.57. The molecule has 3 saturated heterocycles. The van der Waals surface area contributed by atoms with Gasteiger partial charge in [-0.05, 0) is 50.5 Å². The summed E-state index contributed by atoms with van der Waals surface area (Å²) in [4.78, 5) is 2.83. The Kier molecular flexibility index (Phi) is 3.52. The lowest BCUT2D eigenvalue weighted by molar-refractivity contribution is 0.0285. The Morgan fingerprint density at radius 3 is 2.40 bits per heavy atom. The van der Waals surface area contributed by atoms with E-state index in [2.05, 4.69) is 26.9 Å². The fourth-order valence-corrected chi connectivity index (χ4v) is 4.48. The Bertz CT molecular complexity index is 413. The van der Waals surface area contributed by atoms with E-state index in [1.165, 1.54) is 45.1 Å². The van der Waals surface area contributed by atoms with Gasteiger partial charge in [-0.25, -0.2) is 0 Å². The van der Waals surface area contributed by atoms with Crippen molar-refractivity contribution in [2.75, 3.05) is 19.8 Å². The number of hydrogen-bond donors (Lipinski definition) is 0. The molecule has 2 atom stereocenters. The summed E-state index contributed by atoms with van der Waals surface area (Å²) in [5.74, 6) is 0.869. The van der Waals surface area contributed by atoms with Gasteiger partial charge in [0.25, 0.3) is 0 Å². The van der Waals surface area contributed by atoms with E-state index in [9.17, 15) is 0 Å². The number of rotatable bonds is 3. The van der Waals surface area contributed by atoms with Crippen LogP contribution in [0.15, 0.2) is 18.5 Å². The van der Waals surface area contributed by atoms with Crippen molar-refractivity contribution in [3.8, 4) is 0 Å². The summed E-state index contributed by atoms with van der Waals surface area (Å²) < 4.78 is 7.69. The first-order chi connectivity index (χ1) is 9.90. The van der Waals surface area contributed by atoms with Crippen molar-refractivity contribution in [1.82, 2.24) is 14.7 Å². The standard InChI is InChI=1S/C16H25N3O/c1-6-17-19(7-1)16-10-14-2-3-15(11-16)18(14)12-13-4-8-20-9-5-13/h1,6-7,13-16H,2-5,8-12H2. The maximum absolute atomic E-state index is 5.49. The third-order valence-electron chi connectivity index (χ3n) is 5.57. The monoisotopic (exact) mass is 275 g/mol. The van der Waals surface area contributed by atoms with Gasteiger partial charge < -0.3 is 4.74 Å². The SMILES string of the molecule is c1cnn(C2CC3CCC(C2)N3CC2CCOCC2)c1. The molecule has 0 amide bonds. The van der Waals surface area contributed by atoms with Gasteiger partial charge in [0.1, 0.15) is 0 Å². The van der Waals surface area contributed by atoms with E-state index >= 15 is 0 Å². The average molecular weight is 275 g/mol. The van der Waals surface area contributed by atoms with E-state index in [-0.39, 0.29) is 0 Å². The second-order valence-corrected chi connectivity index (χ2v) is 6.75. The van der Waals surface area contributed by atoms with Gasteiger partial charge in [-0.15, -0.1) is 0 Å². The highest BCUT2D eigenvalue weighted by molar-refractivity contribution is 4.98. The molecule has 3 aliphatic rings.